The highest BCUT2D eigenvalue weighted by atomic mass is 32.2. The second-order valence-electron chi connectivity index (χ2n) is 4.40. The van der Waals surface area contributed by atoms with Crippen molar-refractivity contribution in [2.45, 2.75) is 31.5 Å². The molecule has 0 aliphatic heterocycles. The first-order chi connectivity index (χ1) is 7.51. The summed E-state index contributed by atoms with van der Waals surface area (Å²) in [4.78, 5) is 12.3. The molecular formula is C10H19N5S. The molecule has 1 aromatic rings. The number of rotatable bonds is 5. The van der Waals surface area contributed by atoms with Gasteiger partial charge in [0.15, 0.2) is 5.16 Å². The molecule has 2 N–H and O–H groups in total. The minimum Gasteiger partial charge on any atom is -0.353 e. The van der Waals surface area contributed by atoms with E-state index in [1.54, 1.807) is 0 Å². The second kappa shape index (κ2) is 6.00. The monoisotopic (exact) mass is 241 g/mol. The lowest BCUT2D eigenvalue weighted by atomic mass is 10.1. The Bertz CT molecular complexity index is 323. The normalized spacial score (nSPS) is 11.5. The van der Waals surface area contributed by atoms with E-state index in [4.69, 9.17) is 0 Å². The number of nitrogens with zero attached hydrogens (tertiary/aromatic N) is 3. The Morgan fingerprint density at radius 2 is 2.00 bits per heavy atom. The van der Waals surface area contributed by atoms with Crippen molar-refractivity contribution in [3.8, 4) is 0 Å². The quantitative estimate of drug-likeness (QED) is 0.600. The van der Waals surface area contributed by atoms with Gasteiger partial charge in [-0.2, -0.15) is 4.98 Å². The van der Waals surface area contributed by atoms with E-state index < -0.39 is 0 Å². The van der Waals surface area contributed by atoms with E-state index in [0.717, 1.165) is 18.2 Å². The third-order valence-corrected chi connectivity index (χ3v) is 2.36. The number of nitrogens with one attached hydrogen (secondary N) is 2. The summed E-state index contributed by atoms with van der Waals surface area (Å²) in [5, 5.41) is 7.27. The Hall–Kier alpha value is -0.880. The van der Waals surface area contributed by atoms with Crippen molar-refractivity contribution in [1.29, 1.82) is 0 Å². The van der Waals surface area contributed by atoms with Crippen LogP contribution in [0.1, 0.15) is 20.8 Å². The predicted molar refractivity (Wildman–Crippen MR) is 67.9 cm³/mol. The highest BCUT2D eigenvalue weighted by Gasteiger charge is 2.07. The maximum absolute atomic E-state index is 4.23. The van der Waals surface area contributed by atoms with Gasteiger partial charge in [0, 0.05) is 18.6 Å². The molecule has 6 heteroatoms. The van der Waals surface area contributed by atoms with E-state index in [1.807, 2.05) is 6.26 Å². The van der Waals surface area contributed by atoms with Crippen LogP contribution in [0.4, 0.5) is 5.95 Å². The molecule has 16 heavy (non-hydrogen) atoms. The van der Waals surface area contributed by atoms with Crippen molar-refractivity contribution in [3.05, 3.63) is 6.33 Å². The molecule has 0 amide bonds. The zero-order valence-corrected chi connectivity index (χ0v) is 11.1. The van der Waals surface area contributed by atoms with Gasteiger partial charge >= 0.3 is 0 Å². The molecule has 0 aromatic carbocycles. The minimum absolute atomic E-state index is 0.144. The summed E-state index contributed by atoms with van der Waals surface area (Å²) >= 11 is 1.51. The SMILES string of the molecule is CSc1ncnc(NCCNC(C)(C)C)n1. The summed E-state index contributed by atoms with van der Waals surface area (Å²) in [6.07, 6.45) is 3.47. The van der Waals surface area contributed by atoms with Gasteiger partial charge in [-0.05, 0) is 27.0 Å². The predicted octanol–water partition coefficient (Wildman–Crippen LogP) is 1.39. The van der Waals surface area contributed by atoms with Crippen molar-refractivity contribution in [1.82, 2.24) is 20.3 Å². The molecule has 0 saturated heterocycles. The lowest BCUT2D eigenvalue weighted by Gasteiger charge is -2.20. The molecule has 0 radical (unpaired) electrons. The van der Waals surface area contributed by atoms with E-state index in [1.165, 1.54) is 18.1 Å². The maximum Gasteiger partial charge on any atom is 0.226 e. The van der Waals surface area contributed by atoms with Crippen LogP contribution < -0.4 is 10.6 Å². The topological polar surface area (TPSA) is 62.7 Å². The van der Waals surface area contributed by atoms with Crippen molar-refractivity contribution in [3.63, 3.8) is 0 Å². The number of aromatic nitrogens is 3. The van der Waals surface area contributed by atoms with E-state index >= 15 is 0 Å². The largest absolute Gasteiger partial charge is 0.353 e. The van der Waals surface area contributed by atoms with E-state index in [2.05, 4.69) is 46.4 Å². The van der Waals surface area contributed by atoms with Gasteiger partial charge in [0.25, 0.3) is 0 Å². The van der Waals surface area contributed by atoms with Crippen molar-refractivity contribution >= 4 is 17.7 Å². The van der Waals surface area contributed by atoms with Gasteiger partial charge in [0.1, 0.15) is 6.33 Å². The van der Waals surface area contributed by atoms with E-state index in [9.17, 15) is 0 Å². The summed E-state index contributed by atoms with van der Waals surface area (Å²) in [6.45, 7) is 8.10. The molecule has 1 aromatic heterocycles. The van der Waals surface area contributed by atoms with E-state index in [-0.39, 0.29) is 5.54 Å². The van der Waals surface area contributed by atoms with Gasteiger partial charge in [-0.1, -0.05) is 11.8 Å². The standard InChI is InChI=1S/C10H19N5S/c1-10(2,3)14-6-5-11-8-12-7-13-9(15-8)16-4/h7,14H,5-6H2,1-4H3,(H,11,12,13,15). The lowest BCUT2D eigenvalue weighted by molar-refractivity contribution is 0.435. The molecule has 1 heterocycles. The van der Waals surface area contributed by atoms with Crippen LogP contribution >= 0.6 is 11.8 Å². The van der Waals surface area contributed by atoms with Gasteiger partial charge in [-0.25, -0.2) is 9.97 Å². The number of thioether (sulfide) groups is 1. The molecule has 1 rings (SSSR count). The van der Waals surface area contributed by atoms with Gasteiger partial charge in [-0.3, -0.25) is 0 Å². The van der Waals surface area contributed by atoms with Crippen LogP contribution in [-0.2, 0) is 0 Å². The van der Waals surface area contributed by atoms with Crippen LogP contribution in [0.15, 0.2) is 11.5 Å². The molecule has 0 bridgehead atoms. The molecule has 90 valence electrons. The van der Waals surface area contributed by atoms with Crippen LogP contribution in [0, 0.1) is 0 Å². The molecule has 0 spiro atoms. The Labute approximate surface area is 101 Å². The van der Waals surface area contributed by atoms with Crippen LogP contribution in [0.25, 0.3) is 0 Å². The zero-order chi connectivity index (χ0) is 12.0. The van der Waals surface area contributed by atoms with E-state index in [0.29, 0.717) is 5.95 Å². The number of hydrogen-bond acceptors (Lipinski definition) is 6. The minimum atomic E-state index is 0.144. The highest BCUT2D eigenvalue weighted by molar-refractivity contribution is 7.98. The highest BCUT2D eigenvalue weighted by Crippen LogP contribution is 2.07. The molecule has 0 atom stereocenters. The zero-order valence-electron chi connectivity index (χ0n) is 10.2. The summed E-state index contributed by atoms with van der Waals surface area (Å²) in [5.41, 5.74) is 0.144. The molecule has 0 aliphatic carbocycles. The summed E-state index contributed by atoms with van der Waals surface area (Å²) < 4.78 is 0. The Morgan fingerprint density at radius 3 is 2.62 bits per heavy atom. The lowest BCUT2D eigenvalue weighted by Crippen LogP contribution is -2.38. The fourth-order valence-corrected chi connectivity index (χ4v) is 1.41. The number of hydrogen-bond donors (Lipinski definition) is 2. The van der Waals surface area contributed by atoms with Crippen LogP contribution in [0.3, 0.4) is 0 Å². The fraction of sp³-hybridized carbons (Fsp3) is 0.700. The van der Waals surface area contributed by atoms with Crippen LogP contribution in [0.5, 0.6) is 0 Å². The average molecular weight is 241 g/mol. The first kappa shape index (κ1) is 13.2. The van der Waals surface area contributed by atoms with Crippen molar-refractivity contribution < 1.29 is 0 Å². The van der Waals surface area contributed by atoms with Crippen LogP contribution in [-0.4, -0.2) is 39.8 Å². The number of anilines is 1. The first-order valence-electron chi connectivity index (χ1n) is 5.23. The van der Waals surface area contributed by atoms with Gasteiger partial charge in [-0.15, -0.1) is 0 Å². The molecule has 0 unspecified atom stereocenters. The Morgan fingerprint density at radius 1 is 1.25 bits per heavy atom. The molecule has 0 aliphatic rings. The third kappa shape index (κ3) is 5.27. The molecular weight excluding hydrogens is 222 g/mol. The first-order valence-corrected chi connectivity index (χ1v) is 6.46. The van der Waals surface area contributed by atoms with Crippen LogP contribution in [0.2, 0.25) is 0 Å². The molecule has 5 nitrogen and oxygen atoms in total. The Kier molecular flexibility index (Phi) is 4.95. The smallest absolute Gasteiger partial charge is 0.226 e. The molecule has 0 saturated carbocycles. The maximum atomic E-state index is 4.23. The Balaban J connectivity index is 2.32. The fourth-order valence-electron chi connectivity index (χ4n) is 1.08. The average Bonchev–Trinajstić information content (AvgIpc) is 2.23. The van der Waals surface area contributed by atoms with Crippen molar-refractivity contribution in [2.24, 2.45) is 0 Å². The van der Waals surface area contributed by atoms with Crippen molar-refractivity contribution in [2.75, 3.05) is 24.7 Å². The van der Waals surface area contributed by atoms with Gasteiger partial charge < -0.3 is 10.6 Å². The third-order valence-electron chi connectivity index (χ3n) is 1.80. The molecule has 0 fully saturated rings. The summed E-state index contributed by atoms with van der Waals surface area (Å²) in [5.74, 6) is 0.634. The van der Waals surface area contributed by atoms with Gasteiger partial charge in [0.05, 0.1) is 0 Å². The second-order valence-corrected chi connectivity index (χ2v) is 5.17. The summed E-state index contributed by atoms with van der Waals surface area (Å²) in [7, 11) is 0. The summed E-state index contributed by atoms with van der Waals surface area (Å²) in [6, 6.07) is 0. The van der Waals surface area contributed by atoms with Gasteiger partial charge in [0.2, 0.25) is 5.95 Å².